The number of amides is 2. The number of pyridine rings is 1. The van der Waals surface area contributed by atoms with Gasteiger partial charge in [-0.2, -0.15) is 0 Å². The number of piperidine rings is 1. The lowest BCUT2D eigenvalue weighted by molar-refractivity contribution is -0.121. The minimum Gasteiger partial charge on any atom is -0.493 e. The zero-order valence-electron chi connectivity index (χ0n) is 18.0. The first kappa shape index (κ1) is 21.4. The van der Waals surface area contributed by atoms with E-state index in [1.165, 1.54) is 6.26 Å². The molecule has 8 nitrogen and oxygen atoms in total. The lowest BCUT2D eigenvalue weighted by atomic mass is 9.97. The fourth-order valence-electron chi connectivity index (χ4n) is 3.66. The van der Waals surface area contributed by atoms with Crippen LogP contribution in [0.4, 0.5) is 5.69 Å². The second-order valence-electron chi connectivity index (χ2n) is 7.70. The molecule has 32 heavy (non-hydrogen) atoms. The number of nitrogens with zero attached hydrogens (tertiary/aromatic N) is 2. The van der Waals surface area contributed by atoms with Gasteiger partial charge in [0.15, 0.2) is 17.3 Å². The highest BCUT2D eigenvalue weighted by Crippen LogP contribution is 2.31. The van der Waals surface area contributed by atoms with E-state index in [1.54, 1.807) is 42.5 Å². The van der Waals surface area contributed by atoms with E-state index < -0.39 is 0 Å². The van der Waals surface area contributed by atoms with Gasteiger partial charge in [0.05, 0.1) is 31.2 Å². The van der Waals surface area contributed by atoms with Crippen LogP contribution in [0.2, 0.25) is 0 Å². The van der Waals surface area contributed by atoms with Crippen molar-refractivity contribution in [2.75, 3.05) is 25.5 Å². The summed E-state index contributed by atoms with van der Waals surface area (Å²) in [4.78, 5) is 31.2. The van der Waals surface area contributed by atoms with Crippen molar-refractivity contribution < 1.29 is 23.5 Å². The molecule has 1 aromatic carbocycles. The average Bonchev–Trinajstić information content (AvgIpc) is 3.36. The Balaban J connectivity index is 1.36. The Hall–Kier alpha value is -3.81. The molecule has 166 valence electrons. The number of furan rings is 1. The van der Waals surface area contributed by atoms with Gasteiger partial charge in [0.25, 0.3) is 5.91 Å². The minimum absolute atomic E-state index is 0.141. The van der Waals surface area contributed by atoms with E-state index in [0.717, 1.165) is 18.4 Å². The van der Waals surface area contributed by atoms with Gasteiger partial charge in [0.1, 0.15) is 0 Å². The van der Waals surface area contributed by atoms with Crippen molar-refractivity contribution in [2.24, 2.45) is 5.92 Å². The van der Waals surface area contributed by atoms with Crippen LogP contribution >= 0.6 is 0 Å². The summed E-state index contributed by atoms with van der Waals surface area (Å²) in [5.74, 6) is 1.23. The fourth-order valence-corrected chi connectivity index (χ4v) is 3.66. The number of anilines is 1. The van der Waals surface area contributed by atoms with E-state index in [1.807, 2.05) is 25.1 Å². The number of nitrogens with one attached hydrogen (secondary N) is 1. The number of hydrogen-bond acceptors (Lipinski definition) is 6. The molecule has 1 aliphatic heterocycles. The predicted octanol–water partition coefficient (Wildman–Crippen LogP) is 4.27. The molecule has 0 aliphatic carbocycles. The number of aromatic nitrogens is 1. The van der Waals surface area contributed by atoms with Crippen molar-refractivity contribution in [1.82, 2.24) is 9.88 Å². The predicted molar refractivity (Wildman–Crippen MR) is 118 cm³/mol. The first-order chi connectivity index (χ1) is 15.5. The van der Waals surface area contributed by atoms with E-state index >= 15 is 0 Å². The molecule has 2 aromatic heterocycles. The smallest absolute Gasteiger partial charge is 0.289 e. The molecule has 1 atom stereocenters. The zero-order valence-corrected chi connectivity index (χ0v) is 18.0. The fraction of sp³-hybridized carbons (Fsp3) is 0.292. The highest BCUT2D eigenvalue weighted by Gasteiger charge is 2.30. The van der Waals surface area contributed by atoms with E-state index in [9.17, 15) is 9.59 Å². The second kappa shape index (κ2) is 9.55. The number of carbonyl (C=O) groups is 2. The average molecular weight is 435 g/mol. The van der Waals surface area contributed by atoms with Gasteiger partial charge in [-0.15, -0.1) is 0 Å². The van der Waals surface area contributed by atoms with Crippen LogP contribution in [0.1, 0.15) is 29.0 Å². The Bertz CT molecular complexity index is 1080. The Morgan fingerprint density at radius 2 is 2.06 bits per heavy atom. The highest BCUT2D eigenvalue weighted by atomic mass is 16.5. The van der Waals surface area contributed by atoms with E-state index in [-0.39, 0.29) is 23.5 Å². The summed E-state index contributed by atoms with van der Waals surface area (Å²) in [5.41, 5.74) is 1.63. The molecule has 3 heterocycles. The van der Waals surface area contributed by atoms with Gasteiger partial charge in [-0.05, 0) is 55.7 Å². The number of aryl methyl sites for hydroxylation is 1. The summed E-state index contributed by atoms with van der Waals surface area (Å²) < 4.78 is 16.3. The number of likely N-dealkylation sites (tertiary alicyclic amines) is 1. The van der Waals surface area contributed by atoms with Crippen molar-refractivity contribution in [2.45, 2.75) is 19.8 Å². The molecule has 3 aromatic rings. The van der Waals surface area contributed by atoms with Crippen LogP contribution in [0, 0.1) is 12.8 Å². The lowest BCUT2D eigenvalue weighted by Gasteiger charge is -2.31. The number of carbonyl (C=O) groups excluding carboxylic acids is 2. The van der Waals surface area contributed by atoms with Gasteiger partial charge in [-0.25, -0.2) is 4.98 Å². The van der Waals surface area contributed by atoms with Crippen molar-refractivity contribution in [3.05, 3.63) is 66.2 Å². The molecular weight excluding hydrogens is 410 g/mol. The molecule has 1 aliphatic rings. The summed E-state index contributed by atoms with van der Waals surface area (Å²) in [6.45, 7) is 2.94. The number of rotatable bonds is 6. The van der Waals surface area contributed by atoms with Crippen molar-refractivity contribution in [3.8, 4) is 17.4 Å². The number of methoxy groups -OCH3 is 1. The van der Waals surface area contributed by atoms with Gasteiger partial charge in [0.2, 0.25) is 11.8 Å². The van der Waals surface area contributed by atoms with Crippen LogP contribution in [0.5, 0.6) is 17.4 Å². The first-order valence-electron chi connectivity index (χ1n) is 10.5. The van der Waals surface area contributed by atoms with Gasteiger partial charge in [-0.3, -0.25) is 9.59 Å². The molecule has 1 saturated heterocycles. The Morgan fingerprint density at radius 3 is 2.78 bits per heavy atom. The quantitative estimate of drug-likeness (QED) is 0.621. The van der Waals surface area contributed by atoms with Crippen LogP contribution in [0.25, 0.3) is 0 Å². The molecule has 0 radical (unpaired) electrons. The zero-order chi connectivity index (χ0) is 22.5. The van der Waals surface area contributed by atoms with E-state index in [0.29, 0.717) is 36.2 Å². The first-order valence-corrected chi connectivity index (χ1v) is 10.5. The topological polar surface area (TPSA) is 93.9 Å². The second-order valence-corrected chi connectivity index (χ2v) is 7.70. The van der Waals surface area contributed by atoms with Crippen LogP contribution in [-0.4, -0.2) is 41.9 Å². The summed E-state index contributed by atoms with van der Waals surface area (Å²) >= 11 is 0. The maximum absolute atomic E-state index is 12.8. The summed E-state index contributed by atoms with van der Waals surface area (Å²) in [5, 5.41) is 2.88. The molecule has 8 heteroatoms. The van der Waals surface area contributed by atoms with Crippen LogP contribution in [0.3, 0.4) is 0 Å². The lowest BCUT2D eigenvalue weighted by Crippen LogP contribution is -2.43. The monoisotopic (exact) mass is 435 g/mol. The Labute approximate surface area is 186 Å². The standard InChI is InChI=1S/C24H25N3O5/c1-16-7-9-19(21(13-16)30-2)32-22-10-8-18(14-25-22)26-23(28)17-5-3-11-27(15-17)24(29)20-6-4-12-31-20/h4,6-10,12-14,17H,3,5,11,15H2,1-2H3,(H,26,28)/t17-/m1/s1. The molecular formula is C24H25N3O5. The third kappa shape index (κ3) is 4.91. The molecule has 0 unspecified atom stereocenters. The van der Waals surface area contributed by atoms with Crippen LogP contribution < -0.4 is 14.8 Å². The molecule has 1 N–H and O–H groups in total. The van der Waals surface area contributed by atoms with Gasteiger partial charge in [0, 0.05) is 19.2 Å². The van der Waals surface area contributed by atoms with Crippen LogP contribution in [-0.2, 0) is 4.79 Å². The van der Waals surface area contributed by atoms with Gasteiger partial charge >= 0.3 is 0 Å². The molecule has 0 bridgehead atoms. The van der Waals surface area contributed by atoms with Crippen molar-refractivity contribution in [1.29, 1.82) is 0 Å². The third-order valence-corrected chi connectivity index (χ3v) is 5.35. The van der Waals surface area contributed by atoms with Crippen molar-refractivity contribution >= 4 is 17.5 Å². The molecule has 4 rings (SSSR count). The number of ether oxygens (including phenoxy) is 2. The van der Waals surface area contributed by atoms with Gasteiger partial charge in [-0.1, -0.05) is 6.07 Å². The number of benzene rings is 1. The highest BCUT2D eigenvalue weighted by molar-refractivity contribution is 5.94. The minimum atomic E-state index is -0.296. The number of hydrogen-bond donors (Lipinski definition) is 1. The van der Waals surface area contributed by atoms with E-state index in [2.05, 4.69) is 10.3 Å². The van der Waals surface area contributed by atoms with Crippen LogP contribution in [0.15, 0.2) is 59.3 Å². The summed E-state index contributed by atoms with van der Waals surface area (Å²) in [7, 11) is 1.59. The molecule has 1 fully saturated rings. The summed E-state index contributed by atoms with van der Waals surface area (Å²) in [6.07, 6.45) is 4.49. The largest absolute Gasteiger partial charge is 0.493 e. The molecule has 0 saturated carbocycles. The molecule has 0 spiro atoms. The molecule has 2 amide bonds. The Morgan fingerprint density at radius 1 is 1.19 bits per heavy atom. The maximum atomic E-state index is 12.8. The van der Waals surface area contributed by atoms with Gasteiger partial charge < -0.3 is 24.1 Å². The summed E-state index contributed by atoms with van der Waals surface area (Å²) in [6, 6.07) is 12.4. The van der Waals surface area contributed by atoms with E-state index in [4.69, 9.17) is 13.9 Å². The SMILES string of the molecule is COc1cc(C)ccc1Oc1ccc(NC(=O)[C@@H]2CCCN(C(=O)c3ccco3)C2)cn1. The third-order valence-electron chi connectivity index (χ3n) is 5.35. The van der Waals surface area contributed by atoms with Crippen molar-refractivity contribution in [3.63, 3.8) is 0 Å². The normalized spacial score (nSPS) is 15.8. The Kier molecular flexibility index (Phi) is 6.39. The maximum Gasteiger partial charge on any atom is 0.289 e.